The minimum Gasteiger partial charge on any atom is -0.490 e. The van der Waals surface area contributed by atoms with Crippen molar-refractivity contribution in [2.75, 3.05) is 26.7 Å². The summed E-state index contributed by atoms with van der Waals surface area (Å²) in [5, 5.41) is 20.0. The largest absolute Gasteiger partial charge is 0.490 e. The number of likely N-dealkylation sites (N-methyl/N-ethyl adjacent to an activating group) is 1. The topological polar surface area (TPSA) is 184 Å². The van der Waals surface area contributed by atoms with Crippen LogP contribution in [0.25, 0.3) is 0 Å². The van der Waals surface area contributed by atoms with Crippen molar-refractivity contribution in [3.63, 3.8) is 0 Å². The molecule has 2 aliphatic heterocycles. The third-order valence-electron chi connectivity index (χ3n) is 5.49. The fourth-order valence-corrected chi connectivity index (χ4v) is 3.49. The number of ether oxygens (including phenoxy) is 1. The Morgan fingerprint density at radius 3 is 2.69 bits per heavy atom. The van der Waals surface area contributed by atoms with Gasteiger partial charge in [-0.3, -0.25) is 19.4 Å². The second-order valence-electron chi connectivity index (χ2n) is 8.14. The number of carbonyl (C=O) groups excluding carboxylic acids is 3. The summed E-state index contributed by atoms with van der Waals surface area (Å²) in [6.45, 7) is 0.223. The van der Waals surface area contributed by atoms with Crippen LogP contribution in [0.3, 0.4) is 0 Å². The number of carbonyl (C=O) groups is 4. The first-order valence-electron chi connectivity index (χ1n) is 11.7. The first-order chi connectivity index (χ1) is 17.3. The van der Waals surface area contributed by atoms with Gasteiger partial charge in [-0.25, -0.2) is 4.79 Å². The van der Waals surface area contributed by atoms with Crippen molar-refractivity contribution in [3.8, 4) is 5.75 Å². The maximum Gasteiger partial charge on any atom is 0.326 e. The monoisotopic (exact) mass is 502 g/mol. The maximum atomic E-state index is 12.9. The Bertz CT molecular complexity index is 949. The molecule has 1 aromatic rings. The molecule has 196 valence electrons. The number of carboxylic acids is 1. The van der Waals surface area contributed by atoms with Crippen molar-refractivity contribution >= 4 is 30.0 Å². The van der Waals surface area contributed by atoms with E-state index in [0.717, 1.165) is 11.9 Å². The van der Waals surface area contributed by atoms with Crippen molar-refractivity contribution in [3.05, 3.63) is 42.0 Å². The van der Waals surface area contributed by atoms with Gasteiger partial charge in [0.25, 0.3) is 0 Å². The van der Waals surface area contributed by atoms with Gasteiger partial charge in [0, 0.05) is 6.54 Å². The molecule has 0 aromatic heterocycles. The number of fused-ring (bicyclic) bond motifs is 13. The minimum absolute atomic E-state index is 0.0940. The number of carboxylic acid groups (broad SMARTS) is 1. The van der Waals surface area contributed by atoms with Gasteiger partial charge in [0.05, 0.1) is 18.9 Å². The maximum absolute atomic E-state index is 12.9. The third kappa shape index (κ3) is 9.74. The zero-order valence-electron chi connectivity index (χ0n) is 20.2. The number of benzene rings is 1. The summed E-state index contributed by atoms with van der Waals surface area (Å²) in [6.07, 6.45) is 5.54. The molecular weight excluding hydrogens is 468 g/mol. The van der Waals surface area contributed by atoms with E-state index in [1.807, 2.05) is 12.1 Å². The molecule has 0 fully saturated rings. The predicted molar refractivity (Wildman–Crippen MR) is 134 cm³/mol. The predicted octanol–water partition coefficient (Wildman–Crippen LogP) is -0.907. The van der Waals surface area contributed by atoms with E-state index >= 15 is 0 Å². The smallest absolute Gasteiger partial charge is 0.326 e. The minimum atomic E-state index is -1.20. The van der Waals surface area contributed by atoms with Crippen molar-refractivity contribution in [2.24, 2.45) is 10.7 Å². The summed E-state index contributed by atoms with van der Waals surface area (Å²) < 4.78 is 5.67. The Morgan fingerprint density at radius 2 is 2.03 bits per heavy atom. The van der Waals surface area contributed by atoms with Crippen LogP contribution in [0.15, 0.2) is 41.4 Å². The van der Waals surface area contributed by atoms with E-state index in [2.05, 4.69) is 26.3 Å². The molecular formula is C24H34N6O6. The summed E-state index contributed by atoms with van der Waals surface area (Å²) in [5.74, 6) is -2.17. The number of nitrogens with zero attached hydrogens (tertiary/aromatic N) is 1. The lowest BCUT2D eigenvalue weighted by Crippen LogP contribution is -2.53. The zero-order chi connectivity index (χ0) is 26.3. The van der Waals surface area contributed by atoms with Crippen molar-refractivity contribution < 1.29 is 29.0 Å². The Hall–Kier alpha value is -3.93. The molecule has 0 spiro atoms. The SMILES string of the molecule is CNC1Cc2ccc(cc2)OC/C=C\CC(C(=O)NC(CCCN=CN)C(=O)O)NC(=O)CNC1=O. The number of nitrogens with one attached hydrogen (secondary N) is 4. The Balaban J connectivity index is 2.13. The average molecular weight is 503 g/mol. The molecule has 7 N–H and O–H groups in total. The van der Waals surface area contributed by atoms with Crippen LogP contribution in [0, 0.1) is 0 Å². The first-order valence-corrected chi connectivity index (χ1v) is 11.7. The highest BCUT2D eigenvalue weighted by molar-refractivity contribution is 5.92. The van der Waals surface area contributed by atoms with E-state index in [0.29, 0.717) is 25.1 Å². The second kappa shape index (κ2) is 15.1. The highest BCUT2D eigenvalue weighted by Gasteiger charge is 2.26. The first kappa shape index (κ1) is 28.3. The normalized spacial score (nSPS) is 21.0. The molecule has 12 heteroatoms. The lowest BCUT2D eigenvalue weighted by molar-refractivity contribution is -0.142. The molecule has 36 heavy (non-hydrogen) atoms. The molecule has 0 aliphatic carbocycles. The van der Waals surface area contributed by atoms with Gasteiger partial charge in [-0.2, -0.15) is 0 Å². The number of hydrogen-bond donors (Lipinski definition) is 6. The van der Waals surface area contributed by atoms with Gasteiger partial charge in [-0.1, -0.05) is 24.3 Å². The number of nitrogens with two attached hydrogens (primary N) is 1. The van der Waals surface area contributed by atoms with E-state index in [-0.39, 0.29) is 31.9 Å². The molecule has 0 radical (unpaired) electrons. The van der Waals surface area contributed by atoms with Crippen LogP contribution in [0.4, 0.5) is 0 Å². The summed E-state index contributed by atoms with van der Waals surface area (Å²) in [7, 11) is 1.65. The summed E-state index contributed by atoms with van der Waals surface area (Å²) in [6, 6.07) is 4.56. The highest BCUT2D eigenvalue weighted by Crippen LogP contribution is 2.14. The van der Waals surface area contributed by atoms with Gasteiger partial charge in [0.15, 0.2) is 0 Å². The molecule has 1 aromatic carbocycles. The average Bonchev–Trinajstić information content (AvgIpc) is 2.87. The fourth-order valence-electron chi connectivity index (χ4n) is 3.49. The molecule has 2 heterocycles. The molecule has 12 nitrogen and oxygen atoms in total. The molecule has 0 saturated heterocycles. The van der Waals surface area contributed by atoms with Crippen molar-refractivity contribution in [1.82, 2.24) is 21.3 Å². The fraction of sp³-hybridized carbons (Fsp3) is 0.458. The standard InChI is InChI=1S/C24H34N6O6/c1-26-20-13-16-7-9-17(10-8-16)36-12-3-2-5-18(29-21(31)14-28-22(20)32)23(33)30-19(24(34)35)6-4-11-27-15-25/h2-3,7-10,15,18-20,26H,4-6,11-14H2,1H3,(H2,25,27)(H,28,32)(H,29,31)(H,30,33)(H,34,35)/b3-2-. The third-order valence-corrected chi connectivity index (χ3v) is 5.49. The van der Waals surface area contributed by atoms with Gasteiger partial charge >= 0.3 is 5.97 Å². The molecule has 3 unspecified atom stereocenters. The molecule has 3 rings (SSSR count). The zero-order valence-corrected chi connectivity index (χ0v) is 20.2. The van der Waals surface area contributed by atoms with Gasteiger partial charge in [0.1, 0.15) is 24.4 Å². The van der Waals surface area contributed by atoms with E-state index in [1.54, 1.807) is 31.3 Å². The van der Waals surface area contributed by atoms with E-state index in [9.17, 15) is 24.3 Å². The number of rotatable bonds is 8. The number of hydrogen-bond acceptors (Lipinski definition) is 7. The van der Waals surface area contributed by atoms with Gasteiger partial charge < -0.3 is 36.8 Å². The summed E-state index contributed by atoms with van der Waals surface area (Å²) in [4.78, 5) is 53.4. The quantitative estimate of drug-likeness (QED) is 0.114. The number of amides is 3. The summed E-state index contributed by atoms with van der Waals surface area (Å²) in [5.41, 5.74) is 6.10. The van der Waals surface area contributed by atoms with Crippen LogP contribution >= 0.6 is 0 Å². The summed E-state index contributed by atoms with van der Waals surface area (Å²) >= 11 is 0. The van der Waals surface area contributed by atoms with Crippen LogP contribution in [0.2, 0.25) is 0 Å². The van der Waals surface area contributed by atoms with Gasteiger partial charge in [-0.15, -0.1) is 0 Å². The molecule has 0 saturated carbocycles. The Morgan fingerprint density at radius 1 is 1.28 bits per heavy atom. The van der Waals surface area contributed by atoms with Crippen molar-refractivity contribution in [2.45, 2.75) is 43.8 Å². The number of aliphatic imine (C=N–C) groups is 1. The lowest BCUT2D eigenvalue weighted by Gasteiger charge is -2.21. The van der Waals surface area contributed by atoms with Crippen LogP contribution in [-0.2, 0) is 25.6 Å². The molecule has 3 amide bonds. The number of aliphatic carboxylic acids is 1. The van der Waals surface area contributed by atoms with Crippen molar-refractivity contribution in [1.29, 1.82) is 0 Å². The van der Waals surface area contributed by atoms with Crippen LogP contribution in [-0.4, -0.2) is 80.0 Å². The van der Waals surface area contributed by atoms with Crippen LogP contribution < -0.4 is 31.7 Å². The van der Waals surface area contributed by atoms with E-state index < -0.39 is 35.9 Å². The molecule has 3 atom stereocenters. The van der Waals surface area contributed by atoms with E-state index in [1.165, 1.54) is 0 Å². The van der Waals surface area contributed by atoms with Crippen LogP contribution in [0.5, 0.6) is 5.75 Å². The molecule has 2 bridgehead atoms. The lowest BCUT2D eigenvalue weighted by atomic mass is 10.1. The highest BCUT2D eigenvalue weighted by atomic mass is 16.5. The van der Waals surface area contributed by atoms with Gasteiger partial charge in [0.2, 0.25) is 17.7 Å². The second-order valence-corrected chi connectivity index (χ2v) is 8.14. The van der Waals surface area contributed by atoms with Crippen LogP contribution in [0.1, 0.15) is 24.8 Å². The van der Waals surface area contributed by atoms with E-state index in [4.69, 9.17) is 10.5 Å². The molecule has 2 aliphatic rings. The Kier molecular flexibility index (Phi) is 11.9. The van der Waals surface area contributed by atoms with Gasteiger partial charge in [-0.05, 0) is 50.4 Å². The Labute approximate surface area is 209 Å².